The number of hydrogen-bond donors (Lipinski definition) is 0. The van der Waals surface area contributed by atoms with Gasteiger partial charge < -0.3 is 0 Å². The Morgan fingerprint density at radius 2 is 1.80 bits per heavy atom. The zero-order chi connectivity index (χ0) is 11.5. The minimum absolute atomic E-state index is 0.0591. The minimum Gasteiger partial charge on any atom is -0.275 e. The Balaban J connectivity index is 2.98. The summed E-state index contributed by atoms with van der Waals surface area (Å²) in [6.07, 6.45) is 0. The van der Waals surface area contributed by atoms with E-state index in [1.165, 1.54) is 12.2 Å². The molecule has 0 aromatic heterocycles. The van der Waals surface area contributed by atoms with Crippen LogP contribution in [0.25, 0.3) is 0 Å². The maximum Gasteiger partial charge on any atom is 0.255 e. The quantitative estimate of drug-likeness (QED) is 0.709. The summed E-state index contributed by atoms with van der Waals surface area (Å²) < 4.78 is 0. The standard InChI is InChI=1S/C12H17NO2/c1-12(2,11(14)13(3)15-4)10-8-6-5-7-9-10/h5-9H,1-4H3. The van der Waals surface area contributed by atoms with E-state index < -0.39 is 5.41 Å². The van der Waals surface area contributed by atoms with Crippen LogP contribution in [-0.4, -0.2) is 25.1 Å². The molecule has 1 aromatic rings. The maximum absolute atomic E-state index is 12.0. The van der Waals surface area contributed by atoms with Crippen LogP contribution < -0.4 is 0 Å². The van der Waals surface area contributed by atoms with Gasteiger partial charge in [0.1, 0.15) is 0 Å². The second-order valence-electron chi connectivity index (χ2n) is 3.98. The van der Waals surface area contributed by atoms with Crippen molar-refractivity contribution in [1.82, 2.24) is 5.06 Å². The van der Waals surface area contributed by atoms with Crippen LogP contribution in [0.15, 0.2) is 30.3 Å². The number of likely N-dealkylation sites (N-methyl/N-ethyl adjacent to an activating group) is 1. The molecular weight excluding hydrogens is 190 g/mol. The van der Waals surface area contributed by atoms with E-state index >= 15 is 0 Å². The Hall–Kier alpha value is -1.35. The van der Waals surface area contributed by atoms with Gasteiger partial charge in [-0.25, -0.2) is 5.06 Å². The van der Waals surface area contributed by atoms with Crippen molar-refractivity contribution in [1.29, 1.82) is 0 Å². The lowest BCUT2D eigenvalue weighted by molar-refractivity contribution is -0.174. The SMILES string of the molecule is CON(C)C(=O)C(C)(C)c1ccccc1. The molecule has 0 atom stereocenters. The van der Waals surface area contributed by atoms with E-state index in [-0.39, 0.29) is 5.91 Å². The molecule has 0 radical (unpaired) electrons. The van der Waals surface area contributed by atoms with Crippen LogP contribution in [0.5, 0.6) is 0 Å². The molecule has 0 aliphatic carbocycles. The van der Waals surface area contributed by atoms with Crippen LogP contribution in [-0.2, 0) is 15.0 Å². The summed E-state index contributed by atoms with van der Waals surface area (Å²) in [5, 5.41) is 1.26. The molecule has 0 aliphatic heterocycles. The van der Waals surface area contributed by atoms with Crippen molar-refractivity contribution >= 4 is 5.91 Å². The normalized spacial score (nSPS) is 11.2. The van der Waals surface area contributed by atoms with Crippen molar-refractivity contribution in [2.75, 3.05) is 14.2 Å². The third-order valence-electron chi connectivity index (χ3n) is 2.59. The van der Waals surface area contributed by atoms with Gasteiger partial charge in [-0.1, -0.05) is 30.3 Å². The molecule has 0 saturated heterocycles. The molecule has 0 spiro atoms. The fourth-order valence-corrected chi connectivity index (χ4v) is 1.45. The van der Waals surface area contributed by atoms with Crippen LogP contribution in [0.3, 0.4) is 0 Å². The first-order valence-corrected chi connectivity index (χ1v) is 4.88. The lowest BCUT2D eigenvalue weighted by Gasteiger charge is -2.28. The third-order valence-corrected chi connectivity index (χ3v) is 2.59. The Bertz CT molecular complexity index is 333. The molecule has 0 N–H and O–H groups in total. The summed E-state index contributed by atoms with van der Waals surface area (Å²) in [6.45, 7) is 3.78. The van der Waals surface area contributed by atoms with Gasteiger partial charge in [-0.05, 0) is 19.4 Å². The number of nitrogens with zero attached hydrogens (tertiary/aromatic N) is 1. The Morgan fingerprint density at radius 1 is 1.27 bits per heavy atom. The third kappa shape index (κ3) is 2.36. The van der Waals surface area contributed by atoms with E-state index in [2.05, 4.69) is 0 Å². The fourth-order valence-electron chi connectivity index (χ4n) is 1.45. The van der Waals surface area contributed by atoms with Crippen LogP contribution >= 0.6 is 0 Å². The molecule has 0 aliphatic rings. The van der Waals surface area contributed by atoms with Crippen molar-refractivity contribution in [2.45, 2.75) is 19.3 Å². The Morgan fingerprint density at radius 3 is 2.27 bits per heavy atom. The highest BCUT2D eigenvalue weighted by Gasteiger charge is 2.32. The number of amides is 1. The van der Waals surface area contributed by atoms with Crippen LogP contribution in [0.1, 0.15) is 19.4 Å². The lowest BCUT2D eigenvalue weighted by Crippen LogP contribution is -2.40. The largest absolute Gasteiger partial charge is 0.275 e. The zero-order valence-corrected chi connectivity index (χ0v) is 9.65. The number of carbonyl (C=O) groups is 1. The van der Waals surface area contributed by atoms with Gasteiger partial charge in [-0.2, -0.15) is 0 Å². The number of benzene rings is 1. The fraction of sp³-hybridized carbons (Fsp3) is 0.417. The van der Waals surface area contributed by atoms with Crippen LogP contribution in [0.4, 0.5) is 0 Å². The topological polar surface area (TPSA) is 29.5 Å². The van der Waals surface area contributed by atoms with Crippen molar-refractivity contribution in [3.05, 3.63) is 35.9 Å². The molecule has 1 aromatic carbocycles. The number of carbonyl (C=O) groups excluding carboxylic acids is 1. The average molecular weight is 207 g/mol. The molecule has 0 fully saturated rings. The highest BCUT2D eigenvalue weighted by atomic mass is 16.7. The van der Waals surface area contributed by atoms with Crippen molar-refractivity contribution in [2.24, 2.45) is 0 Å². The van der Waals surface area contributed by atoms with Crippen molar-refractivity contribution < 1.29 is 9.63 Å². The summed E-state index contributed by atoms with van der Waals surface area (Å²) in [7, 11) is 3.10. The van der Waals surface area contributed by atoms with Crippen LogP contribution in [0, 0.1) is 0 Å². The van der Waals surface area contributed by atoms with Gasteiger partial charge >= 0.3 is 0 Å². The summed E-state index contributed by atoms with van der Waals surface area (Å²) in [5.74, 6) is -0.0591. The smallest absolute Gasteiger partial charge is 0.255 e. The Kier molecular flexibility index (Phi) is 3.48. The predicted molar refractivity (Wildman–Crippen MR) is 59.2 cm³/mol. The van der Waals surface area contributed by atoms with Gasteiger partial charge in [0.2, 0.25) is 0 Å². The van der Waals surface area contributed by atoms with E-state index in [1.807, 2.05) is 44.2 Å². The predicted octanol–water partition coefficient (Wildman–Crippen LogP) is 1.98. The van der Waals surface area contributed by atoms with E-state index in [1.54, 1.807) is 7.05 Å². The second kappa shape index (κ2) is 4.45. The molecule has 0 heterocycles. The molecule has 0 saturated carbocycles. The Labute approximate surface area is 90.6 Å². The van der Waals surface area contributed by atoms with E-state index in [4.69, 9.17) is 4.84 Å². The van der Waals surface area contributed by atoms with Crippen molar-refractivity contribution in [3.63, 3.8) is 0 Å². The highest BCUT2D eigenvalue weighted by Crippen LogP contribution is 2.24. The van der Waals surface area contributed by atoms with Gasteiger partial charge in [0.25, 0.3) is 5.91 Å². The first-order chi connectivity index (χ1) is 7.00. The van der Waals surface area contributed by atoms with E-state index in [9.17, 15) is 4.79 Å². The highest BCUT2D eigenvalue weighted by molar-refractivity contribution is 5.86. The second-order valence-corrected chi connectivity index (χ2v) is 3.98. The van der Waals surface area contributed by atoms with Crippen LogP contribution in [0.2, 0.25) is 0 Å². The monoisotopic (exact) mass is 207 g/mol. The molecule has 82 valence electrons. The average Bonchev–Trinajstić information content (AvgIpc) is 2.28. The minimum atomic E-state index is -0.563. The van der Waals surface area contributed by atoms with Gasteiger partial charge in [0.05, 0.1) is 12.5 Å². The summed E-state index contributed by atoms with van der Waals surface area (Å²) >= 11 is 0. The molecule has 0 bridgehead atoms. The van der Waals surface area contributed by atoms with Gasteiger partial charge in [-0.3, -0.25) is 9.63 Å². The summed E-state index contributed by atoms with van der Waals surface area (Å²) in [4.78, 5) is 16.9. The van der Waals surface area contributed by atoms with E-state index in [0.29, 0.717) is 0 Å². The summed E-state index contributed by atoms with van der Waals surface area (Å²) in [5.41, 5.74) is 0.422. The molecule has 3 heteroatoms. The molecule has 1 amide bonds. The zero-order valence-electron chi connectivity index (χ0n) is 9.65. The first kappa shape index (κ1) is 11.7. The number of hydroxylamine groups is 2. The maximum atomic E-state index is 12.0. The number of hydrogen-bond acceptors (Lipinski definition) is 2. The molecule has 15 heavy (non-hydrogen) atoms. The molecule has 0 unspecified atom stereocenters. The van der Waals surface area contributed by atoms with E-state index in [0.717, 1.165) is 5.56 Å². The first-order valence-electron chi connectivity index (χ1n) is 4.88. The lowest BCUT2D eigenvalue weighted by atomic mass is 9.84. The van der Waals surface area contributed by atoms with Gasteiger partial charge in [0, 0.05) is 7.05 Å². The van der Waals surface area contributed by atoms with Gasteiger partial charge in [-0.15, -0.1) is 0 Å². The van der Waals surface area contributed by atoms with Crippen molar-refractivity contribution in [3.8, 4) is 0 Å². The molecule has 1 rings (SSSR count). The molecule has 3 nitrogen and oxygen atoms in total. The number of rotatable bonds is 3. The van der Waals surface area contributed by atoms with Gasteiger partial charge in [0.15, 0.2) is 0 Å². The summed E-state index contributed by atoms with van der Waals surface area (Å²) in [6, 6.07) is 9.68. The molecular formula is C12H17NO2.